The predicted molar refractivity (Wildman–Crippen MR) is 60.6 cm³/mol. The van der Waals surface area contributed by atoms with Gasteiger partial charge in [0.25, 0.3) is 0 Å². The van der Waals surface area contributed by atoms with Crippen molar-refractivity contribution in [3.8, 4) is 0 Å². The minimum atomic E-state index is -0.108. The van der Waals surface area contributed by atoms with Gasteiger partial charge >= 0.3 is 0 Å². The molecule has 1 aliphatic rings. The third kappa shape index (κ3) is 2.48. The number of aliphatic hydroxyl groups excluding tert-OH is 1. The summed E-state index contributed by atoms with van der Waals surface area (Å²) >= 11 is 0. The van der Waals surface area contributed by atoms with E-state index < -0.39 is 0 Å². The maximum Gasteiger partial charge on any atom is 0.123 e. The Bertz CT molecular complexity index is 323. The molecule has 0 radical (unpaired) electrons. The van der Waals surface area contributed by atoms with Gasteiger partial charge in [0.2, 0.25) is 0 Å². The van der Waals surface area contributed by atoms with Gasteiger partial charge in [-0.15, -0.1) is 0 Å². The fraction of sp³-hybridized carbons (Fsp3) is 0.583. The number of nitrogens with zero attached hydrogens (tertiary/aromatic N) is 1. The maximum atomic E-state index is 9.44. The summed E-state index contributed by atoms with van der Waals surface area (Å²) in [5.74, 6) is 1.09. The minimum absolute atomic E-state index is 0.108. The number of aromatic nitrogens is 1. The lowest BCUT2D eigenvalue weighted by atomic mass is 9.85. The molecular weight excluding hydrogens is 188 g/mol. The van der Waals surface area contributed by atoms with E-state index >= 15 is 0 Å². The van der Waals surface area contributed by atoms with Crippen LogP contribution >= 0.6 is 0 Å². The standard InChI is InChI=1S/C12H18N2O/c1-8-6-11(14-12(13)7-8)9-2-4-10(15)5-3-9/h6-7,9-10,15H,2-5H2,1H3,(H2,13,14). The number of anilines is 1. The average Bonchev–Trinajstić information content (AvgIpc) is 2.17. The lowest BCUT2D eigenvalue weighted by molar-refractivity contribution is 0.122. The Hall–Kier alpha value is -1.09. The summed E-state index contributed by atoms with van der Waals surface area (Å²) in [6.07, 6.45) is 3.72. The van der Waals surface area contributed by atoms with Crippen molar-refractivity contribution < 1.29 is 5.11 Å². The molecule has 0 aliphatic heterocycles. The van der Waals surface area contributed by atoms with Crippen LogP contribution in [0.3, 0.4) is 0 Å². The Morgan fingerprint density at radius 1 is 1.27 bits per heavy atom. The molecule has 0 atom stereocenters. The fourth-order valence-corrected chi connectivity index (χ4v) is 2.30. The van der Waals surface area contributed by atoms with Gasteiger partial charge in [0.1, 0.15) is 5.82 Å². The van der Waals surface area contributed by atoms with Crippen LogP contribution in [0.4, 0.5) is 5.82 Å². The number of aryl methyl sites for hydroxylation is 1. The molecule has 3 N–H and O–H groups in total. The second-order valence-corrected chi connectivity index (χ2v) is 4.50. The van der Waals surface area contributed by atoms with Gasteiger partial charge in [-0.2, -0.15) is 0 Å². The molecule has 0 unspecified atom stereocenters. The molecule has 0 aromatic carbocycles. The first-order valence-corrected chi connectivity index (χ1v) is 5.57. The summed E-state index contributed by atoms with van der Waals surface area (Å²) in [6.45, 7) is 2.04. The Morgan fingerprint density at radius 2 is 1.93 bits per heavy atom. The highest BCUT2D eigenvalue weighted by Gasteiger charge is 2.21. The summed E-state index contributed by atoms with van der Waals surface area (Å²) in [4.78, 5) is 4.38. The van der Waals surface area contributed by atoms with Gasteiger partial charge < -0.3 is 10.8 Å². The molecule has 1 aromatic rings. The van der Waals surface area contributed by atoms with Gasteiger partial charge in [0, 0.05) is 11.6 Å². The molecule has 2 rings (SSSR count). The monoisotopic (exact) mass is 206 g/mol. The maximum absolute atomic E-state index is 9.44. The van der Waals surface area contributed by atoms with Crippen molar-refractivity contribution in [3.05, 3.63) is 23.4 Å². The van der Waals surface area contributed by atoms with Gasteiger partial charge in [-0.1, -0.05) is 0 Å². The minimum Gasteiger partial charge on any atom is -0.393 e. The molecule has 0 amide bonds. The van der Waals surface area contributed by atoms with Gasteiger partial charge in [0.05, 0.1) is 6.10 Å². The SMILES string of the molecule is Cc1cc(N)nc(C2CCC(O)CC2)c1. The molecule has 1 aliphatic carbocycles. The smallest absolute Gasteiger partial charge is 0.123 e. The number of aliphatic hydroxyl groups is 1. The number of hydrogen-bond donors (Lipinski definition) is 2. The number of rotatable bonds is 1. The van der Waals surface area contributed by atoms with E-state index in [4.69, 9.17) is 5.73 Å². The second kappa shape index (κ2) is 4.19. The Labute approximate surface area is 90.3 Å². The van der Waals surface area contributed by atoms with Gasteiger partial charge in [0.15, 0.2) is 0 Å². The van der Waals surface area contributed by atoms with Crippen molar-refractivity contribution >= 4 is 5.82 Å². The third-order valence-electron chi connectivity index (χ3n) is 3.12. The van der Waals surface area contributed by atoms with Gasteiger partial charge in [-0.25, -0.2) is 4.98 Å². The Kier molecular flexibility index (Phi) is 2.91. The molecule has 1 heterocycles. The predicted octanol–water partition coefficient (Wildman–Crippen LogP) is 1.99. The normalized spacial score (nSPS) is 26.5. The highest BCUT2D eigenvalue weighted by Crippen LogP contribution is 2.32. The fourth-order valence-electron chi connectivity index (χ4n) is 2.30. The molecule has 3 heteroatoms. The van der Waals surface area contributed by atoms with Crippen molar-refractivity contribution in [2.75, 3.05) is 5.73 Å². The zero-order chi connectivity index (χ0) is 10.8. The Morgan fingerprint density at radius 3 is 2.53 bits per heavy atom. The summed E-state index contributed by atoms with van der Waals surface area (Å²) in [5.41, 5.74) is 8.00. The van der Waals surface area contributed by atoms with Crippen molar-refractivity contribution in [3.63, 3.8) is 0 Å². The van der Waals surface area contributed by atoms with E-state index in [1.54, 1.807) is 0 Å². The van der Waals surface area contributed by atoms with Crippen LogP contribution in [0.25, 0.3) is 0 Å². The molecular formula is C12H18N2O. The van der Waals surface area contributed by atoms with E-state index in [1.807, 2.05) is 13.0 Å². The molecule has 82 valence electrons. The first-order chi connectivity index (χ1) is 7.15. The van der Waals surface area contributed by atoms with Crippen LogP contribution in [0, 0.1) is 6.92 Å². The first-order valence-electron chi connectivity index (χ1n) is 5.57. The van der Waals surface area contributed by atoms with E-state index in [2.05, 4.69) is 11.1 Å². The van der Waals surface area contributed by atoms with Gasteiger partial charge in [-0.3, -0.25) is 0 Å². The quantitative estimate of drug-likeness (QED) is 0.738. The van der Waals surface area contributed by atoms with Crippen molar-refractivity contribution in [2.24, 2.45) is 0 Å². The summed E-state index contributed by atoms with van der Waals surface area (Å²) < 4.78 is 0. The van der Waals surface area contributed by atoms with Crippen molar-refractivity contribution in [1.82, 2.24) is 4.98 Å². The molecule has 1 fully saturated rings. The summed E-state index contributed by atoms with van der Waals surface area (Å²) in [7, 11) is 0. The van der Waals surface area contributed by atoms with Crippen molar-refractivity contribution in [2.45, 2.75) is 44.6 Å². The second-order valence-electron chi connectivity index (χ2n) is 4.50. The van der Waals surface area contributed by atoms with Crippen LogP contribution in [0.1, 0.15) is 42.9 Å². The van der Waals surface area contributed by atoms with Crippen LogP contribution in [-0.4, -0.2) is 16.2 Å². The summed E-state index contributed by atoms with van der Waals surface area (Å²) in [6, 6.07) is 4.00. The van der Waals surface area contributed by atoms with Crippen LogP contribution in [0.5, 0.6) is 0 Å². The van der Waals surface area contributed by atoms with Crippen LogP contribution < -0.4 is 5.73 Å². The number of pyridine rings is 1. The van der Waals surface area contributed by atoms with E-state index in [9.17, 15) is 5.11 Å². The molecule has 0 saturated heterocycles. The highest BCUT2D eigenvalue weighted by molar-refractivity contribution is 5.35. The van der Waals surface area contributed by atoms with E-state index in [-0.39, 0.29) is 6.10 Å². The van der Waals surface area contributed by atoms with E-state index in [1.165, 1.54) is 5.56 Å². The van der Waals surface area contributed by atoms with Crippen molar-refractivity contribution in [1.29, 1.82) is 0 Å². The third-order valence-corrected chi connectivity index (χ3v) is 3.12. The Balaban J connectivity index is 2.15. The average molecular weight is 206 g/mol. The van der Waals surface area contributed by atoms with Crippen LogP contribution in [-0.2, 0) is 0 Å². The molecule has 0 spiro atoms. The number of nitrogen functional groups attached to an aromatic ring is 1. The topological polar surface area (TPSA) is 59.1 Å². The zero-order valence-electron chi connectivity index (χ0n) is 9.11. The zero-order valence-corrected chi connectivity index (χ0v) is 9.11. The summed E-state index contributed by atoms with van der Waals surface area (Å²) in [5, 5.41) is 9.44. The molecule has 15 heavy (non-hydrogen) atoms. The highest BCUT2D eigenvalue weighted by atomic mass is 16.3. The largest absolute Gasteiger partial charge is 0.393 e. The van der Waals surface area contributed by atoms with E-state index in [0.29, 0.717) is 11.7 Å². The van der Waals surface area contributed by atoms with Gasteiger partial charge in [-0.05, 0) is 50.3 Å². The van der Waals surface area contributed by atoms with E-state index in [0.717, 1.165) is 31.4 Å². The molecule has 0 bridgehead atoms. The molecule has 1 aromatic heterocycles. The van der Waals surface area contributed by atoms with Crippen LogP contribution in [0.15, 0.2) is 12.1 Å². The first kappa shape index (κ1) is 10.4. The molecule has 1 saturated carbocycles. The number of hydrogen-bond acceptors (Lipinski definition) is 3. The lowest BCUT2D eigenvalue weighted by Gasteiger charge is -2.25. The lowest BCUT2D eigenvalue weighted by Crippen LogP contribution is -2.18. The van der Waals surface area contributed by atoms with Crippen LogP contribution in [0.2, 0.25) is 0 Å². The molecule has 3 nitrogen and oxygen atoms in total. The number of nitrogens with two attached hydrogens (primary N) is 1.